The first kappa shape index (κ1) is 16.4. The van der Waals surface area contributed by atoms with E-state index in [-0.39, 0.29) is 36.2 Å². The monoisotopic (exact) mass is 366 g/mol. The molecule has 0 bridgehead atoms. The van der Waals surface area contributed by atoms with E-state index in [1.807, 2.05) is 0 Å². The number of anilines is 1. The predicted octanol–water partition coefficient (Wildman–Crippen LogP) is 2.59. The van der Waals surface area contributed by atoms with E-state index in [9.17, 15) is 18.7 Å². The van der Waals surface area contributed by atoms with Gasteiger partial charge >= 0.3 is 11.8 Å². The third-order valence-electron chi connectivity index (χ3n) is 4.44. The molecule has 8 heteroatoms. The lowest BCUT2D eigenvalue weighted by Gasteiger charge is -2.38. The Morgan fingerprint density at radius 3 is 2.60 bits per heavy atom. The quantitative estimate of drug-likeness (QED) is 0.848. The van der Waals surface area contributed by atoms with Crippen molar-refractivity contribution in [1.82, 2.24) is 4.98 Å². The van der Waals surface area contributed by atoms with Gasteiger partial charge in [0.15, 0.2) is 0 Å². The number of hydrogen-bond acceptors (Lipinski definition) is 4. The summed E-state index contributed by atoms with van der Waals surface area (Å²) in [6, 6.07) is 9.18. The minimum atomic E-state index is -3.73. The van der Waals surface area contributed by atoms with Gasteiger partial charge in [0.05, 0.1) is 36.7 Å². The molecule has 25 heavy (non-hydrogen) atoms. The number of fused-ring (bicyclic) bond motifs is 1. The molecule has 1 aromatic heterocycles. The van der Waals surface area contributed by atoms with Gasteiger partial charge in [0, 0.05) is 0 Å². The molecule has 130 valence electrons. The van der Waals surface area contributed by atoms with Gasteiger partial charge in [-0.2, -0.15) is 8.78 Å². The third-order valence-corrected chi connectivity index (χ3v) is 4.65. The molecule has 2 aromatic rings. The Hall–Kier alpha value is -2.09. The fourth-order valence-electron chi connectivity index (χ4n) is 3.18. The first-order valence-corrected chi connectivity index (χ1v) is 7.96. The van der Waals surface area contributed by atoms with E-state index in [1.165, 1.54) is 18.2 Å². The highest BCUT2D eigenvalue weighted by atomic mass is 35.5. The van der Waals surface area contributed by atoms with Gasteiger partial charge in [0.1, 0.15) is 10.8 Å². The average Bonchev–Trinajstić information content (AvgIpc) is 2.74. The number of nitrogens with zero attached hydrogens (tertiary/aromatic N) is 2. The maximum Gasteiger partial charge on any atom is 0.352 e. The Morgan fingerprint density at radius 1 is 1.24 bits per heavy atom. The highest BCUT2D eigenvalue weighted by Crippen LogP contribution is 2.49. The number of carbonyl (C=O) groups is 1. The van der Waals surface area contributed by atoms with Gasteiger partial charge in [0.2, 0.25) is 0 Å². The molecule has 2 aliphatic heterocycles. The SMILES string of the molecule is O=C1N(Cc2cccc(Cl)n2)c2cccc(C3(O)COC3)c2C1(F)F. The van der Waals surface area contributed by atoms with Crippen LogP contribution >= 0.6 is 11.6 Å². The van der Waals surface area contributed by atoms with E-state index in [0.29, 0.717) is 5.69 Å². The van der Waals surface area contributed by atoms with Crippen molar-refractivity contribution in [1.29, 1.82) is 0 Å². The van der Waals surface area contributed by atoms with Gasteiger partial charge < -0.3 is 14.7 Å². The summed E-state index contributed by atoms with van der Waals surface area (Å²) >= 11 is 5.82. The van der Waals surface area contributed by atoms with Crippen LogP contribution in [-0.4, -0.2) is 29.2 Å². The molecule has 2 aliphatic rings. The number of carbonyl (C=O) groups excluding carboxylic acids is 1. The Bertz CT molecular complexity index is 871. The minimum absolute atomic E-state index is 0.0242. The molecule has 0 atom stereocenters. The zero-order valence-corrected chi connectivity index (χ0v) is 13.6. The van der Waals surface area contributed by atoms with Crippen LogP contribution in [0.5, 0.6) is 0 Å². The van der Waals surface area contributed by atoms with Crippen molar-refractivity contribution >= 4 is 23.2 Å². The Morgan fingerprint density at radius 2 is 1.96 bits per heavy atom. The number of alkyl halides is 2. The van der Waals surface area contributed by atoms with Crippen LogP contribution in [0.1, 0.15) is 16.8 Å². The Balaban J connectivity index is 1.80. The first-order valence-electron chi connectivity index (χ1n) is 7.58. The summed E-state index contributed by atoms with van der Waals surface area (Å²) in [5.41, 5.74) is -1.49. The van der Waals surface area contributed by atoms with Crippen LogP contribution in [0.25, 0.3) is 0 Å². The molecule has 4 rings (SSSR count). The maximum absolute atomic E-state index is 14.7. The molecule has 5 nitrogen and oxygen atoms in total. The summed E-state index contributed by atoms with van der Waals surface area (Å²) in [7, 11) is 0. The van der Waals surface area contributed by atoms with Gasteiger partial charge in [-0.05, 0) is 23.8 Å². The number of aliphatic hydroxyl groups is 1. The van der Waals surface area contributed by atoms with Gasteiger partial charge in [0.25, 0.3) is 0 Å². The summed E-state index contributed by atoms with van der Waals surface area (Å²) in [5, 5.41) is 10.7. The van der Waals surface area contributed by atoms with Crippen LogP contribution in [0, 0.1) is 0 Å². The summed E-state index contributed by atoms with van der Waals surface area (Å²) in [6.45, 7) is -0.298. The van der Waals surface area contributed by atoms with E-state index in [4.69, 9.17) is 16.3 Å². The fourth-order valence-corrected chi connectivity index (χ4v) is 3.36. The number of benzene rings is 1. The largest absolute Gasteiger partial charge is 0.380 e. The second kappa shape index (κ2) is 5.45. The van der Waals surface area contributed by atoms with Gasteiger partial charge in [-0.25, -0.2) is 4.98 Å². The molecule has 1 aromatic carbocycles. The topological polar surface area (TPSA) is 62.7 Å². The second-order valence-corrected chi connectivity index (χ2v) is 6.53. The van der Waals surface area contributed by atoms with Crippen molar-refractivity contribution in [3.8, 4) is 0 Å². The van der Waals surface area contributed by atoms with Crippen molar-refractivity contribution in [2.24, 2.45) is 0 Å². The summed E-state index contributed by atoms with van der Waals surface area (Å²) in [5.74, 6) is -5.07. The number of rotatable bonds is 3. The van der Waals surface area contributed by atoms with E-state index in [1.54, 1.807) is 18.2 Å². The molecule has 0 saturated carbocycles. The van der Waals surface area contributed by atoms with E-state index in [2.05, 4.69) is 4.98 Å². The van der Waals surface area contributed by atoms with Crippen LogP contribution in [0.2, 0.25) is 5.15 Å². The number of pyridine rings is 1. The predicted molar refractivity (Wildman–Crippen MR) is 85.5 cm³/mol. The van der Waals surface area contributed by atoms with Gasteiger partial charge in [-0.15, -0.1) is 0 Å². The van der Waals surface area contributed by atoms with Crippen molar-refractivity contribution in [3.05, 3.63) is 58.4 Å². The molecule has 1 saturated heterocycles. The number of amides is 1. The normalized spacial score (nSPS) is 20.3. The molecule has 1 amide bonds. The zero-order valence-electron chi connectivity index (χ0n) is 12.9. The Labute approximate surface area is 146 Å². The van der Waals surface area contributed by atoms with Crippen molar-refractivity contribution in [3.63, 3.8) is 0 Å². The highest BCUT2D eigenvalue weighted by Gasteiger charge is 2.57. The van der Waals surface area contributed by atoms with E-state index in [0.717, 1.165) is 4.90 Å². The molecule has 1 fully saturated rings. The minimum Gasteiger partial charge on any atom is -0.380 e. The lowest BCUT2D eigenvalue weighted by atomic mass is 9.86. The standard InChI is InChI=1S/C17H13ClF2N2O3/c18-13-6-1-3-10(21-13)7-22-12-5-2-4-11(16(24)8-25-9-16)14(12)17(19,20)15(22)23/h1-6,24H,7-9H2. The lowest BCUT2D eigenvalue weighted by Crippen LogP contribution is -2.47. The van der Waals surface area contributed by atoms with Crippen LogP contribution in [0.4, 0.5) is 14.5 Å². The average molecular weight is 367 g/mol. The maximum atomic E-state index is 14.7. The van der Waals surface area contributed by atoms with Crippen LogP contribution < -0.4 is 4.90 Å². The first-order chi connectivity index (χ1) is 11.8. The molecule has 3 heterocycles. The van der Waals surface area contributed by atoms with Crippen LogP contribution in [-0.2, 0) is 27.6 Å². The summed E-state index contributed by atoms with van der Waals surface area (Å²) < 4.78 is 34.4. The number of ether oxygens (including phenoxy) is 1. The van der Waals surface area contributed by atoms with E-state index >= 15 is 0 Å². The van der Waals surface area contributed by atoms with Gasteiger partial charge in [-0.3, -0.25) is 4.79 Å². The van der Waals surface area contributed by atoms with Gasteiger partial charge in [-0.1, -0.05) is 29.8 Å². The molecule has 0 spiro atoms. The molecule has 0 aliphatic carbocycles. The zero-order chi connectivity index (χ0) is 17.8. The van der Waals surface area contributed by atoms with Crippen molar-refractivity contribution < 1.29 is 23.4 Å². The number of aromatic nitrogens is 1. The van der Waals surface area contributed by atoms with Crippen molar-refractivity contribution in [2.45, 2.75) is 18.1 Å². The molecule has 1 N–H and O–H groups in total. The highest BCUT2D eigenvalue weighted by molar-refractivity contribution is 6.29. The second-order valence-electron chi connectivity index (χ2n) is 6.14. The molecule has 0 radical (unpaired) electrons. The molecular formula is C17H13ClF2N2O3. The lowest BCUT2D eigenvalue weighted by molar-refractivity contribution is -0.186. The van der Waals surface area contributed by atoms with Crippen LogP contribution in [0.3, 0.4) is 0 Å². The fraction of sp³-hybridized carbons (Fsp3) is 0.294. The summed E-state index contributed by atoms with van der Waals surface area (Å²) in [4.78, 5) is 17.4. The summed E-state index contributed by atoms with van der Waals surface area (Å²) in [6.07, 6.45) is 0. The number of hydrogen-bond donors (Lipinski definition) is 1. The van der Waals surface area contributed by atoms with Crippen molar-refractivity contribution in [2.75, 3.05) is 18.1 Å². The molecule has 0 unspecified atom stereocenters. The number of halogens is 3. The Kier molecular flexibility index (Phi) is 3.57. The smallest absolute Gasteiger partial charge is 0.352 e. The third kappa shape index (κ3) is 2.42. The van der Waals surface area contributed by atoms with Crippen LogP contribution in [0.15, 0.2) is 36.4 Å². The molecular weight excluding hydrogens is 354 g/mol. The van der Waals surface area contributed by atoms with E-state index < -0.39 is 23.0 Å².